The Kier molecular flexibility index (Phi) is 3.97. The van der Waals surface area contributed by atoms with Crippen LogP contribution in [0, 0.1) is 17.8 Å². The Morgan fingerprint density at radius 3 is 2.88 bits per heavy atom. The van der Waals surface area contributed by atoms with Crippen LogP contribution < -0.4 is 5.73 Å². The summed E-state index contributed by atoms with van der Waals surface area (Å²) in [7, 11) is 0. The maximum atomic E-state index is 12.2. The minimum Gasteiger partial charge on any atom is -0.369 e. The summed E-state index contributed by atoms with van der Waals surface area (Å²) >= 11 is 1.80. The third-order valence-corrected chi connectivity index (χ3v) is 4.52. The Labute approximate surface area is 106 Å². The van der Waals surface area contributed by atoms with Gasteiger partial charge in [-0.05, 0) is 37.2 Å². The Hall–Kier alpha value is -0.710. The SMILES string of the molecule is CSC[C@@H]1C[C@@H]1C(=O)N1CCC[C@H](C(N)=O)C1. The average molecular weight is 256 g/mol. The first-order valence-electron chi connectivity index (χ1n) is 6.20. The third kappa shape index (κ3) is 2.94. The van der Waals surface area contributed by atoms with E-state index >= 15 is 0 Å². The summed E-state index contributed by atoms with van der Waals surface area (Å²) in [4.78, 5) is 25.2. The van der Waals surface area contributed by atoms with E-state index in [1.54, 1.807) is 11.8 Å². The predicted molar refractivity (Wildman–Crippen MR) is 68.5 cm³/mol. The van der Waals surface area contributed by atoms with E-state index in [0.717, 1.165) is 31.6 Å². The normalized spacial score (nSPS) is 32.3. The van der Waals surface area contributed by atoms with Crippen molar-refractivity contribution < 1.29 is 9.59 Å². The fraction of sp³-hybridized carbons (Fsp3) is 0.833. The molecule has 0 unspecified atom stereocenters. The Balaban J connectivity index is 1.86. The van der Waals surface area contributed by atoms with Gasteiger partial charge in [0.2, 0.25) is 11.8 Å². The third-order valence-electron chi connectivity index (χ3n) is 3.76. The second kappa shape index (κ2) is 5.29. The van der Waals surface area contributed by atoms with Gasteiger partial charge in [-0.3, -0.25) is 9.59 Å². The summed E-state index contributed by atoms with van der Waals surface area (Å²) in [6, 6.07) is 0. The standard InChI is InChI=1S/C12H20N2O2S/c1-17-7-9-5-10(9)12(16)14-4-2-3-8(6-14)11(13)15/h8-10H,2-7H2,1H3,(H2,13,15)/t8-,9-,10-/m0/s1. The highest BCUT2D eigenvalue weighted by Gasteiger charge is 2.45. The molecule has 2 aliphatic rings. The summed E-state index contributed by atoms with van der Waals surface area (Å²) in [5.41, 5.74) is 5.32. The second-order valence-corrected chi connectivity index (χ2v) is 5.99. The molecule has 2 fully saturated rings. The summed E-state index contributed by atoms with van der Waals surface area (Å²) in [5.74, 6) is 1.70. The molecule has 0 radical (unpaired) electrons. The molecule has 3 atom stereocenters. The van der Waals surface area contributed by atoms with Crippen LogP contribution in [0.25, 0.3) is 0 Å². The number of amides is 2. The van der Waals surface area contributed by atoms with Crippen molar-refractivity contribution in [3.8, 4) is 0 Å². The van der Waals surface area contributed by atoms with E-state index in [0.29, 0.717) is 12.5 Å². The highest BCUT2D eigenvalue weighted by Crippen LogP contribution is 2.42. The number of nitrogens with two attached hydrogens (primary N) is 1. The Bertz CT molecular complexity index is 322. The van der Waals surface area contributed by atoms with Crippen molar-refractivity contribution in [2.75, 3.05) is 25.1 Å². The molecule has 1 saturated carbocycles. The quantitative estimate of drug-likeness (QED) is 0.805. The summed E-state index contributed by atoms with van der Waals surface area (Å²) < 4.78 is 0. The van der Waals surface area contributed by atoms with Gasteiger partial charge >= 0.3 is 0 Å². The number of hydrogen-bond acceptors (Lipinski definition) is 3. The molecule has 2 amide bonds. The van der Waals surface area contributed by atoms with E-state index in [2.05, 4.69) is 6.26 Å². The average Bonchev–Trinajstić information content (AvgIpc) is 3.08. The van der Waals surface area contributed by atoms with Gasteiger partial charge in [0, 0.05) is 19.0 Å². The van der Waals surface area contributed by atoms with E-state index in [1.807, 2.05) is 4.90 Å². The van der Waals surface area contributed by atoms with Gasteiger partial charge in [0.1, 0.15) is 0 Å². The highest BCUT2D eigenvalue weighted by atomic mass is 32.2. The van der Waals surface area contributed by atoms with Crippen LogP contribution in [-0.4, -0.2) is 41.8 Å². The van der Waals surface area contributed by atoms with Gasteiger partial charge in [-0.25, -0.2) is 0 Å². The van der Waals surface area contributed by atoms with Gasteiger partial charge in [-0.15, -0.1) is 0 Å². The lowest BCUT2D eigenvalue weighted by Gasteiger charge is -2.31. The van der Waals surface area contributed by atoms with Crippen LogP contribution in [0.5, 0.6) is 0 Å². The molecule has 0 aromatic carbocycles. The van der Waals surface area contributed by atoms with Crippen molar-refractivity contribution in [2.45, 2.75) is 19.3 Å². The van der Waals surface area contributed by atoms with E-state index in [-0.39, 0.29) is 23.7 Å². The van der Waals surface area contributed by atoms with Crippen molar-refractivity contribution in [1.29, 1.82) is 0 Å². The minimum absolute atomic E-state index is 0.134. The van der Waals surface area contributed by atoms with E-state index < -0.39 is 0 Å². The number of rotatable bonds is 4. The monoisotopic (exact) mass is 256 g/mol. The van der Waals surface area contributed by atoms with E-state index in [9.17, 15) is 9.59 Å². The summed E-state index contributed by atoms with van der Waals surface area (Å²) in [6.07, 6.45) is 4.83. The fourth-order valence-electron chi connectivity index (χ4n) is 2.59. The Morgan fingerprint density at radius 1 is 1.47 bits per heavy atom. The van der Waals surface area contributed by atoms with Gasteiger partial charge in [-0.2, -0.15) is 11.8 Å². The molecule has 96 valence electrons. The zero-order valence-electron chi connectivity index (χ0n) is 10.2. The van der Waals surface area contributed by atoms with Gasteiger partial charge in [-0.1, -0.05) is 0 Å². The van der Waals surface area contributed by atoms with Crippen molar-refractivity contribution in [3.05, 3.63) is 0 Å². The van der Waals surface area contributed by atoms with Crippen molar-refractivity contribution in [2.24, 2.45) is 23.5 Å². The molecule has 1 heterocycles. The van der Waals surface area contributed by atoms with Crippen LogP contribution in [0.3, 0.4) is 0 Å². The largest absolute Gasteiger partial charge is 0.369 e. The first-order valence-corrected chi connectivity index (χ1v) is 7.60. The lowest BCUT2D eigenvalue weighted by molar-refractivity contribution is -0.136. The van der Waals surface area contributed by atoms with Crippen LogP contribution >= 0.6 is 11.8 Å². The maximum Gasteiger partial charge on any atom is 0.226 e. The lowest BCUT2D eigenvalue weighted by Crippen LogP contribution is -2.44. The van der Waals surface area contributed by atoms with Crippen LogP contribution in [0.2, 0.25) is 0 Å². The first-order chi connectivity index (χ1) is 8.13. The molecule has 2 N–H and O–H groups in total. The van der Waals surface area contributed by atoms with Gasteiger partial charge < -0.3 is 10.6 Å². The van der Waals surface area contributed by atoms with E-state index in [4.69, 9.17) is 5.73 Å². The number of likely N-dealkylation sites (tertiary alicyclic amines) is 1. The smallest absolute Gasteiger partial charge is 0.226 e. The van der Waals surface area contributed by atoms with Crippen molar-refractivity contribution in [3.63, 3.8) is 0 Å². The molecule has 1 saturated heterocycles. The first kappa shape index (κ1) is 12.7. The molecule has 1 aliphatic carbocycles. The van der Waals surface area contributed by atoms with Crippen molar-refractivity contribution in [1.82, 2.24) is 4.90 Å². The number of piperidine rings is 1. The van der Waals surface area contributed by atoms with Crippen LogP contribution in [-0.2, 0) is 9.59 Å². The van der Waals surface area contributed by atoms with E-state index in [1.165, 1.54) is 0 Å². The molecule has 0 aromatic heterocycles. The minimum atomic E-state index is -0.265. The second-order valence-electron chi connectivity index (χ2n) is 5.08. The predicted octanol–water partition coefficient (Wildman–Crippen LogP) is 0.709. The molecule has 4 nitrogen and oxygen atoms in total. The molecule has 2 rings (SSSR count). The molecule has 17 heavy (non-hydrogen) atoms. The molecular weight excluding hydrogens is 236 g/mol. The maximum absolute atomic E-state index is 12.2. The van der Waals surface area contributed by atoms with Crippen molar-refractivity contribution >= 4 is 23.6 Å². The topological polar surface area (TPSA) is 63.4 Å². The number of hydrogen-bond donors (Lipinski definition) is 1. The zero-order valence-corrected chi connectivity index (χ0v) is 11.0. The van der Waals surface area contributed by atoms with Crippen LogP contribution in [0.15, 0.2) is 0 Å². The Morgan fingerprint density at radius 2 is 2.24 bits per heavy atom. The van der Waals surface area contributed by atoms with Crippen LogP contribution in [0.1, 0.15) is 19.3 Å². The van der Waals surface area contributed by atoms with Gasteiger partial charge in [0.15, 0.2) is 0 Å². The number of nitrogens with zero attached hydrogens (tertiary/aromatic N) is 1. The summed E-state index contributed by atoms with van der Waals surface area (Å²) in [6.45, 7) is 1.34. The number of carbonyl (C=O) groups is 2. The number of primary amides is 1. The molecular formula is C12H20N2O2S. The lowest BCUT2D eigenvalue weighted by atomic mass is 9.97. The number of carbonyl (C=O) groups excluding carboxylic acids is 2. The highest BCUT2D eigenvalue weighted by molar-refractivity contribution is 7.98. The molecule has 0 spiro atoms. The molecule has 0 aromatic rings. The fourth-order valence-corrected chi connectivity index (χ4v) is 3.39. The molecule has 1 aliphatic heterocycles. The molecule has 5 heteroatoms. The number of thioether (sulfide) groups is 1. The van der Waals surface area contributed by atoms with Gasteiger partial charge in [0.25, 0.3) is 0 Å². The van der Waals surface area contributed by atoms with Gasteiger partial charge in [0.05, 0.1) is 5.92 Å². The zero-order chi connectivity index (χ0) is 12.4. The summed E-state index contributed by atoms with van der Waals surface area (Å²) in [5, 5.41) is 0. The van der Waals surface area contributed by atoms with Crippen LogP contribution in [0.4, 0.5) is 0 Å². The molecule has 0 bridgehead atoms.